The molecule has 2 rings (SSSR count). The molecule has 1 fully saturated rings. The van der Waals surface area contributed by atoms with Crippen molar-refractivity contribution < 1.29 is 14.8 Å². The highest BCUT2D eigenvalue weighted by Crippen LogP contribution is 2.33. The van der Waals surface area contributed by atoms with Gasteiger partial charge in [0.15, 0.2) is 4.90 Å². The number of nitrogens with one attached hydrogen (secondary N) is 1. The van der Waals surface area contributed by atoms with Gasteiger partial charge in [-0.25, -0.2) is 10.7 Å². The van der Waals surface area contributed by atoms with Gasteiger partial charge in [-0.05, 0) is 35.4 Å². The molecule has 0 radical (unpaired) electrons. The smallest absolute Gasteiger partial charge is 0.153 e. The van der Waals surface area contributed by atoms with Gasteiger partial charge in [0.2, 0.25) is 0 Å². The third-order valence-corrected chi connectivity index (χ3v) is 3.89. The van der Waals surface area contributed by atoms with E-state index in [1.165, 1.54) is 0 Å². The van der Waals surface area contributed by atoms with Crippen LogP contribution < -0.4 is 5.48 Å². The fraction of sp³-hybridized carbons (Fsp3) is 0.333. The monoisotopic (exact) mass is 213 g/mol. The van der Waals surface area contributed by atoms with Gasteiger partial charge < -0.3 is 4.55 Å². The van der Waals surface area contributed by atoms with Crippen LogP contribution in [-0.4, -0.2) is 15.1 Å². The maximum absolute atomic E-state index is 11.7. The first-order valence-electron chi connectivity index (χ1n) is 4.38. The van der Waals surface area contributed by atoms with E-state index >= 15 is 0 Å². The first kappa shape index (κ1) is 9.79. The normalized spacial score (nSPS) is 17.9. The van der Waals surface area contributed by atoms with Crippen molar-refractivity contribution in [3.8, 4) is 0 Å². The van der Waals surface area contributed by atoms with Gasteiger partial charge in [-0.1, -0.05) is 0 Å². The maximum atomic E-state index is 11.7. The van der Waals surface area contributed by atoms with E-state index in [-0.39, 0.29) is 0 Å². The molecule has 1 saturated carbocycles. The predicted octanol–water partition coefficient (Wildman–Crippen LogP) is 1.77. The van der Waals surface area contributed by atoms with Crippen LogP contribution in [0, 0.1) is 0 Å². The van der Waals surface area contributed by atoms with Crippen molar-refractivity contribution in [1.29, 1.82) is 0 Å². The van der Waals surface area contributed by atoms with Crippen molar-refractivity contribution in [3.05, 3.63) is 24.3 Å². The summed E-state index contributed by atoms with van der Waals surface area (Å²) in [5.41, 5.74) is 2.90. The van der Waals surface area contributed by atoms with E-state index in [9.17, 15) is 4.55 Å². The number of benzene rings is 1. The fourth-order valence-electron chi connectivity index (χ4n) is 1.18. The minimum Gasteiger partial charge on any atom is -0.611 e. The van der Waals surface area contributed by atoms with Crippen LogP contribution in [0.25, 0.3) is 0 Å². The molecule has 1 atom stereocenters. The Labute approximate surface area is 85.0 Å². The van der Waals surface area contributed by atoms with Gasteiger partial charge in [-0.3, -0.25) is 0 Å². The third kappa shape index (κ3) is 2.19. The Morgan fingerprint density at radius 1 is 1.36 bits per heavy atom. The first-order valence-corrected chi connectivity index (χ1v) is 5.59. The minimum atomic E-state index is -0.867. The van der Waals surface area contributed by atoms with Crippen molar-refractivity contribution in [2.24, 2.45) is 0 Å². The Morgan fingerprint density at radius 2 is 2.00 bits per heavy atom. The van der Waals surface area contributed by atoms with E-state index in [1.54, 1.807) is 24.3 Å². The molecule has 1 aromatic rings. The molecule has 0 heterocycles. The molecule has 1 aliphatic rings. The van der Waals surface area contributed by atoms with Crippen LogP contribution in [-0.2, 0) is 16.2 Å². The Balaban J connectivity index is 2.04. The number of hydrogen-bond acceptors (Lipinski definition) is 4. The van der Waals surface area contributed by atoms with Crippen molar-refractivity contribution in [2.45, 2.75) is 23.0 Å². The molecule has 1 aliphatic carbocycles. The number of anilines is 1. The molecule has 0 saturated heterocycles. The van der Waals surface area contributed by atoms with Crippen LogP contribution in [0.4, 0.5) is 5.69 Å². The summed E-state index contributed by atoms with van der Waals surface area (Å²) in [6.45, 7) is 0. The van der Waals surface area contributed by atoms with Crippen molar-refractivity contribution in [3.63, 3.8) is 0 Å². The molecule has 4 nitrogen and oxygen atoms in total. The molecular weight excluding hydrogens is 202 g/mol. The summed E-state index contributed by atoms with van der Waals surface area (Å²) in [7, 11) is 0. The lowest BCUT2D eigenvalue weighted by Gasteiger charge is -2.09. The molecule has 0 aliphatic heterocycles. The number of rotatable bonds is 4. The summed E-state index contributed by atoms with van der Waals surface area (Å²) in [6, 6.07) is 6.98. The van der Waals surface area contributed by atoms with Crippen molar-refractivity contribution in [2.75, 3.05) is 5.48 Å². The fourth-order valence-corrected chi connectivity index (χ4v) is 2.54. The van der Waals surface area contributed by atoms with E-state index in [0.717, 1.165) is 17.7 Å². The van der Waals surface area contributed by atoms with E-state index in [2.05, 4.69) is 10.5 Å². The van der Waals surface area contributed by atoms with Gasteiger partial charge in [0.25, 0.3) is 0 Å². The number of hydrogen-bond donors (Lipinski definition) is 2. The molecule has 0 amide bonds. The second-order valence-corrected chi connectivity index (χ2v) is 4.95. The van der Waals surface area contributed by atoms with Crippen molar-refractivity contribution in [1.82, 2.24) is 0 Å². The average molecular weight is 213 g/mol. The van der Waals surface area contributed by atoms with Gasteiger partial charge in [-0.15, -0.1) is 4.99 Å². The van der Waals surface area contributed by atoms with Crippen LogP contribution in [0.3, 0.4) is 0 Å². The zero-order valence-electron chi connectivity index (χ0n) is 7.47. The zero-order valence-corrected chi connectivity index (χ0v) is 8.29. The summed E-state index contributed by atoms with van der Waals surface area (Å²) in [5, 5.41) is 8.48. The van der Waals surface area contributed by atoms with E-state index in [1.807, 2.05) is 0 Å². The highest BCUT2D eigenvalue weighted by molar-refractivity contribution is 7.92. The zero-order chi connectivity index (χ0) is 9.97. The van der Waals surface area contributed by atoms with Crippen LogP contribution in [0.5, 0.6) is 0 Å². The van der Waals surface area contributed by atoms with Gasteiger partial charge in [-0.2, -0.15) is 0 Å². The van der Waals surface area contributed by atoms with E-state index in [0.29, 0.717) is 10.9 Å². The van der Waals surface area contributed by atoms with Gasteiger partial charge in [0, 0.05) is 12.8 Å². The second kappa shape index (κ2) is 4.18. The second-order valence-electron chi connectivity index (χ2n) is 3.21. The molecule has 0 spiro atoms. The predicted molar refractivity (Wildman–Crippen MR) is 53.2 cm³/mol. The van der Waals surface area contributed by atoms with Gasteiger partial charge in [0.1, 0.15) is 5.25 Å². The summed E-state index contributed by atoms with van der Waals surface area (Å²) < 4.78 is 11.7. The third-order valence-electron chi connectivity index (χ3n) is 2.08. The largest absolute Gasteiger partial charge is 0.611 e. The molecule has 0 aromatic heterocycles. The standard InChI is InChI=1S/C9H11NO3S/c11-13-10-7-1-3-8(4-2-7)14(12)9-5-6-9/h1-4,9-11H,5-6H2. The Kier molecular flexibility index (Phi) is 2.93. The minimum absolute atomic E-state index is 0.350. The average Bonchev–Trinajstić information content (AvgIpc) is 3.02. The Morgan fingerprint density at radius 3 is 2.50 bits per heavy atom. The molecule has 1 unspecified atom stereocenters. The molecule has 14 heavy (non-hydrogen) atoms. The Bertz CT molecular complexity index is 299. The highest BCUT2D eigenvalue weighted by Gasteiger charge is 2.35. The van der Waals surface area contributed by atoms with Crippen LogP contribution >= 0.6 is 0 Å². The molecule has 0 bridgehead atoms. The van der Waals surface area contributed by atoms with Crippen LogP contribution in [0.2, 0.25) is 0 Å². The lowest BCUT2D eigenvalue weighted by molar-refractivity contribution is -0.215. The van der Waals surface area contributed by atoms with E-state index < -0.39 is 11.2 Å². The quantitative estimate of drug-likeness (QED) is 0.454. The molecule has 1 aromatic carbocycles. The molecule has 5 heteroatoms. The molecule has 2 N–H and O–H groups in total. The van der Waals surface area contributed by atoms with Gasteiger partial charge in [0.05, 0.1) is 5.69 Å². The van der Waals surface area contributed by atoms with Crippen molar-refractivity contribution >= 4 is 16.9 Å². The summed E-state index contributed by atoms with van der Waals surface area (Å²) in [5.74, 6) is 0. The SMILES string of the molecule is [O-][S+](c1ccc(NOO)cc1)C1CC1. The summed E-state index contributed by atoms with van der Waals surface area (Å²) in [4.78, 5) is 4.59. The topological polar surface area (TPSA) is 64.5 Å². The summed E-state index contributed by atoms with van der Waals surface area (Å²) >= 11 is -0.867. The lowest BCUT2D eigenvalue weighted by atomic mass is 10.3. The van der Waals surface area contributed by atoms with Crippen LogP contribution in [0.1, 0.15) is 12.8 Å². The molecular formula is C9H11NO3S. The maximum Gasteiger partial charge on any atom is 0.153 e. The van der Waals surface area contributed by atoms with E-state index in [4.69, 9.17) is 5.26 Å². The lowest BCUT2D eigenvalue weighted by Crippen LogP contribution is -2.07. The molecule has 76 valence electrons. The Hall–Kier alpha value is -0.750. The van der Waals surface area contributed by atoms with Gasteiger partial charge >= 0.3 is 0 Å². The first-order chi connectivity index (χ1) is 6.81. The summed E-state index contributed by atoms with van der Waals surface area (Å²) in [6.07, 6.45) is 2.12. The van der Waals surface area contributed by atoms with Crippen LogP contribution in [0.15, 0.2) is 29.2 Å². The highest BCUT2D eigenvalue weighted by atomic mass is 32.2.